The summed E-state index contributed by atoms with van der Waals surface area (Å²) in [6.45, 7) is 0. The third-order valence-corrected chi connectivity index (χ3v) is 2.08. The van der Waals surface area contributed by atoms with Crippen molar-refractivity contribution in [1.29, 1.82) is 0 Å². The molecule has 1 aromatic heterocycles. The quantitative estimate of drug-likeness (QED) is 0.729. The molecule has 0 atom stereocenters. The number of benzene rings is 1. The predicted molar refractivity (Wildman–Crippen MR) is 55.5 cm³/mol. The molecule has 14 heavy (non-hydrogen) atoms. The van der Waals surface area contributed by atoms with E-state index in [1.54, 1.807) is 13.2 Å². The first-order chi connectivity index (χ1) is 6.72. The van der Waals surface area contributed by atoms with E-state index in [0.717, 1.165) is 5.39 Å². The van der Waals surface area contributed by atoms with Crippen LogP contribution in [0.15, 0.2) is 18.2 Å². The zero-order chi connectivity index (χ0) is 10.1. The number of aromatic nitrogens is 2. The Hall–Kier alpha value is -1.55. The van der Waals surface area contributed by atoms with Gasteiger partial charge in [0.1, 0.15) is 17.1 Å². The molecule has 0 saturated carbocycles. The number of nitrogens with zero attached hydrogens (tertiary/aromatic N) is 2. The zero-order valence-corrected chi connectivity index (χ0v) is 8.25. The fraction of sp³-hybridized carbons (Fsp3) is 0.111. The van der Waals surface area contributed by atoms with Crippen molar-refractivity contribution in [3.05, 3.63) is 23.5 Å². The van der Waals surface area contributed by atoms with Crippen molar-refractivity contribution in [3.8, 4) is 5.75 Å². The average Bonchev–Trinajstić information content (AvgIpc) is 2.17. The maximum atomic E-state index is 5.70. The number of nitrogens with two attached hydrogens (primary N) is 1. The molecule has 2 rings (SSSR count). The molecule has 1 heterocycles. The van der Waals surface area contributed by atoms with Gasteiger partial charge < -0.3 is 10.5 Å². The molecular formula is C9H8ClN3O. The summed E-state index contributed by atoms with van der Waals surface area (Å²) < 4.78 is 5.13. The minimum absolute atomic E-state index is 0.125. The van der Waals surface area contributed by atoms with Crippen molar-refractivity contribution in [3.63, 3.8) is 0 Å². The van der Waals surface area contributed by atoms with Crippen LogP contribution in [0.1, 0.15) is 0 Å². The molecule has 5 heteroatoms. The monoisotopic (exact) mass is 209 g/mol. The maximum absolute atomic E-state index is 5.70. The zero-order valence-electron chi connectivity index (χ0n) is 7.49. The summed E-state index contributed by atoms with van der Waals surface area (Å²) >= 11 is 5.70. The molecule has 0 bridgehead atoms. The van der Waals surface area contributed by atoms with Gasteiger partial charge in [-0.1, -0.05) is 6.07 Å². The number of rotatable bonds is 1. The van der Waals surface area contributed by atoms with Crippen molar-refractivity contribution in [2.24, 2.45) is 0 Å². The van der Waals surface area contributed by atoms with Crippen molar-refractivity contribution in [2.45, 2.75) is 0 Å². The van der Waals surface area contributed by atoms with Crippen LogP contribution in [0.4, 0.5) is 5.82 Å². The van der Waals surface area contributed by atoms with Gasteiger partial charge in [-0.15, -0.1) is 0 Å². The largest absolute Gasteiger partial charge is 0.494 e. The van der Waals surface area contributed by atoms with Gasteiger partial charge in [0, 0.05) is 5.39 Å². The van der Waals surface area contributed by atoms with Crippen molar-refractivity contribution in [2.75, 3.05) is 12.8 Å². The van der Waals surface area contributed by atoms with E-state index >= 15 is 0 Å². The Morgan fingerprint density at radius 1 is 1.36 bits per heavy atom. The number of fused-ring (bicyclic) bond motifs is 1. The highest BCUT2D eigenvalue weighted by Crippen LogP contribution is 2.27. The summed E-state index contributed by atoms with van der Waals surface area (Å²) in [5, 5.41) is 0.869. The van der Waals surface area contributed by atoms with Crippen LogP contribution >= 0.6 is 11.6 Å². The van der Waals surface area contributed by atoms with Crippen molar-refractivity contribution >= 4 is 28.3 Å². The van der Waals surface area contributed by atoms with Crippen LogP contribution in [0.2, 0.25) is 5.28 Å². The number of para-hydroxylation sites is 1. The minimum Gasteiger partial charge on any atom is -0.494 e. The molecule has 0 unspecified atom stereocenters. The lowest BCUT2D eigenvalue weighted by Gasteiger charge is -2.05. The summed E-state index contributed by atoms with van der Waals surface area (Å²) in [6, 6.07) is 5.45. The number of anilines is 1. The first-order valence-electron chi connectivity index (χ1n) is 3.98. The van der Waals surface area contributed by atoms with Crippen LogP contribution in [0.25, 0.3) is 10.9 Å². The normalized spacial score (nSPS) is 10.4. The molecule has 4 nitrogen and oxygen atoms in total. The summed E-state index contributed by atoms with van der Waals surface area (Å²) in [7, 11) is 1.57. The Kier molecular flexibility index (Phi) is 2.13. The fourth-order valence-electron chi connectivity index (χ4n) is 1.29. The second-order valence-corrected chi connectivity index (χ2v) is 3.07. The van der Waals surface area contributed by atoms with Gasteiger partial charge in [-0.3, -0.25) is 0 Å². The lowest BCUT2D eigenvalue weighted by atomic mass is 10.2. The number of halogens is 1. The molecule has 1 aromatic carbocycles. The van der Waals surface area contributed by atoms with Crippen molar-refractivity contribution < 1.29 is 4.74 Å². The standard InChI is InChI=1S/C9H8ClN3O/c1-14-6-4-2-3-5-7(6)12-9(10)13-8(5)11/h2-4H,1H3,(H2,11,12,13). The van der Waals surface area contributed by atoms with E-state index in [4.69, 9.17) is 22.1 Å². The second kappa shape index (κ2) is 3.31. The highest BCUT2D eigenvalue weighted by molar-refractivity contribution is 6.28. The summed E-state index contributed by atoms with van der Waals surface area (Å²) in [6.07, 6.45) is 0. The van der Waals surface area contributed by atoms with E-state index < -0.39 is 0 Å². The molecule has 0 aliphatic carbocycles. The minimum atomic E-state index is 0.125. The third-order valence-electron chi connectivity index (χ3n) is 1.91. The molecule has 0 amide bonds. The lowest BCUT2D eigenvalue weighted by Crippen LogP contribution is -1.96. The van der Waals surface area contributed by atoms with E-state index in [2.05, 4.69) is 9.97 Å². The van der Waals surface area contributed by atoms with Crippen molar-refractivity contribution in [1.82, 2.24) is 9.97 Å². The topological polar surface area (TPSA) is 61.0 Å². The Morgan fingerprint density at radius 3 is 2.86 bits per heavy atom. The van der Waals surface area contributed by atoms with E-state index in [-0.39, 0.29) is 5.28 Å². The lowest BCUT2D eigenvalue weighted by molar-refractivity contribution is 0.419. The SMILES string of the molecule is COc1cccc2c(N)nc(Cl)nc12. The highest BCUT2D eigenvalue weighted by Gasteiger charge is 2.07. The van der Waals surface area contributed by atoms with Crippen LogP contribution in [0, 0.1) is 0 Å². The van der Waals surface area contributed by atoms with E-state index in [9.17, 15) is 0 Å². The molecule has 2 aromatic rings. The molecule has 72 valence electrons. The Labute approximate surface area is 85.7 Å². The smallest absolute Gasteiger partial charge is 0.225 e. The summed E-state index contributed by atoms with van der Waals surface area (Å²) in [4.78, 5) is 7.91. The molecule has 2 N–H and O–H groups in total. The van der Waals surface area contributed by atoms with Gasteiger partial charge in [-0.25, -0.2) is 9.97 Å². The average molecular weight is 210 g/mol. The Balaban J connectivity index is 2.86. The van der Waals surface area contributed by atoms with Gasteiger partial charge in [0.25, 0.3) is 0 Å². The highest BCUT2D eigenvalue weighted by atomic mass is 35.5. The van der Waals surface area contributed by atoms with E-state index in [0.29, 0.717) is 17.1 Å². The van der Waals surface area contributed by atoms with Crippen LogP contribution < -0.4 is 10.5 Å². The maximum Gasteiger partial charge on any atom is 0.225 e. The van der Waals surface area contributed by atoms with Gasteiger partial charge in [-0.2, -0.15) is 0 Å². The van der Waals surface area contributed by atoms with Gasteiger partial charge in [0.2, 0.25) is 5.28 Å². The number of ether oxygens (including phenoxy) is 1. The Bertz CT molecular complexity index is 487. The summed E-state index contributed by atoms with van der Waals surface area (Å²) in [5.41, 5.74) is 6.32. The van der Waals surface area contributed by atoms with Crippen LogP contribution in [-0.4, -0.2) is 17.1 Å². The number of methoxy groups -OCH3 is 1. The number of nitrogen functional groups attached to an aromatic ring is 1. The molecule has 0 fully saturated rings. The predicted octanol–water partition coefficient (Wildman–Crippen LogP) is 1.87. The second-order valence-electron chi connectivity index (χ2n) is 2.73. The van der Waals surface area contributed by atoms with Crippen LogP contribution in [-0.2, 0) is 0 Å². The number of hydrogen-bond donors (Lipinski definition) is 1. The van der Waals surface area contributed by atoms with E-state index in [1.165, 1.54) is 0 Å². The molecule has 0 aliphatic rings. The first kappa shape index (κ1) is 9.02. The first-order valence-corrected chi connectivity index (χ1v) is 4.36. The summed E-state index contributed by atoms with van der Waals surface area (Å²) in [5.74, 6) is 0.998. The molecular weight excluding hydrogens is 202 g/mol. The number of hydrogen-bond acceptors (Lipinski definition) is 4. The van der Waals surface area contributed by atoms with E-state index in [1.807, 2.05) is 12.1 Å². The van der Waals surface area contributed by atoms with Crippen LogP contribution in [0.3, 0.4) is 0 Å². The molecule has 0 spiro atoms. The Morgan fingerprint density at radius 2 is 2.14 bits per heavy atom. The molecule has 0 saturated heterocycles. The molecule has 0 aliphatic heterocycles. The van der Waals surface area contributed by atoms with Crippen LogP contribution in [0.5, 0.6) is 5.75 Å². The van der Waals surface area contributed by atoms with Gasteiger partial charge >= 0.3 is 0 Å². The van der Waals surface area contributed by atoms with Gasteiger partial charge in [0.15, 0.2) is 0 Å². The molecule has 0 radical (unpaired) electrons. The third kappa shape index (κ3) is 1.33. The van der Waals surface area contributed by atoms with Gasteiger partial charge in [0.05, 0.1) is 7.11 Å². The fourth-order valence-corrected chi connectivity index (χ4v) is 1.46. The van der Waals surface area contributed by atoms with Gasteiger partial charge in [-0.05, 0) is 23.7 Å².